The minimum absolute atomic E-state index is 0.154. The fourth-order valence-electron chi connectivity index (χ4n) is 2.61. The second kappa shape index (κ2) is 3.23. The highest BCUT2D eigenvalue weighted by atomic mass is 16.5. The van der Waals surface area contributed by atoms with Gasteiger partial charge in [0, 0.05) is 6.42 Å². The number of carbonyl (C=O) groups excluding carboxylic acids is 2. The van der Waals surface area contributed by atoms with Gasteiger partial charge in [-0.25, -0.2) is 0 Å². The lowest BCUT2D eigenvalue weighted by atomic mass is 9.74. The van der Waals surface area contributed by atoms with Crippen molar-refractivity contribution in [2.24, 2.45) is 5.41 Å². The van der Waals surface area contributed by atoms with E-state index in [1.807, 2.05) is 0 Å². The molecule has 1 fully saturated rings. The summed E-state index contributed by atoms with van der Waals surface area (Å²) >= 11 is 0. The third kappa shape index (κ3) is 1.19. The normalized spacial score (nSPS) is 30.9. The first-order chi connectivity index (χ1) is 6.69. The molecule has 0 aromatic heterocycles. The topological polar surface area (TPSA) is 43.4 Å². The van der Waals surface area contributed by atoms with Crippen LogP contribution in [0, 0.1) is 5.41 Å². The first-order valence-electron chi connectivity index (χ1n) is 5.01. The van der Waals surface area contributed by atoms with Crippen LogP contribution in [0.15, 0.2) is 11.6 Å². The molecule has 0 spiro atoms. The van der Waals surface area contributed by atoms with Gasteiger partial charge in [0.1, 0.15) is 0 Å². The van der Waals surface area contributed by atoms with Gasteiger partial charge < -0.3 is 4.74 Å². The van der Waals surface area contributed by atoms with Crippen molar-refractivity contribution < 1.29 is 14.3 Å². The van der Waals surface area contributed by atoms with Crippen molar-refractivity contribution in [2.75, 3.05) is 7.11 Å². The average Bonchev–Trinajstić information content (AvgIpc) is 2.60. The summed E-state index contributed by atoms with van der Waals surface area (Å²) in [5.41, 5.74) is 0.559. The minimum Gasteiger partial charge on any atom is -0.468 e. The molecule has 2 rings (SSSR count). The lowest BCUT2D eigenvalue weighted by Crippen LogP contribution is -2.34. The Labute approximate surface area is 83.1 Å². The highest BCUT2D eigenvalue weighted by molar-refractivity contribution is 5.95. The van der Waals surface area contributed by atoms with Crippen LogP contribution in [0.4, 0.5) is 0 Å². The molecule has 0 aromatic rings. The maximum Gasteiger partial charge on any atom is 0.315 e. The van der Waals surface area contributed by atoms with Crippen molar-refractivity contribution in [1.29, 1.82) is 0 Å². The lowest BCUT2D eigenvalue weighted by Gasteiger charge is -2.30. The molecule has 0 aromatic carbocycles. The second-order valence-electron chi connectivity index (χ2n) is 4.06. The van der Waals surface area contributed by atoms with Crippen molar-refractivity contribution in [2.45, 2.75) is 32.1 Å². The van der Waals surface area contributed by atoms with Crippen molar-refractivity contribution in [3.8, 4) is 0 Å². The van der Waals surface area contributed by atoms with Crippen LogP contribution in [-0.2, 0) is 14.3 Å². The first-order valence-corrected chi connectivity index (χ1v) is 5.01. The number of hydrogen-bond acceptors (Lipinski definition) is 3. The first kappa shape index (κ1) is 9.44. The van der Waals surface area contributed by atoms with Crippen LogP contribution in [0.5, 0.6) is 0 Å². The summed E-state index contributed by atoms with van der Waals surface area (Å²) in [6, 6.07) is 0. The number of carbonyl (C=O) groups is 2. The Morgan fingerprint density at radius 2 is 2.21 bits per heavy atom. The molecule has 3 nitrogen and oxygen atoms in total. The zero-order valence-electron chi connectivity index (χ0n) is 8.34. The maximum absolute atomic E-state index is 11.7. The van der Waals surface area contributed by atoms with Gasteiger partial charge in [-0.3, -0.25) is 9.59 Å². The highest BCUT2D eigenvalue weighted by Crippen LogP contribution is 2.49. The standard InChI is InChI=1S/C11H14O3/c1-14-10(13)11-5-2-3-8(11)7-9(12)4-6-11/h7H,2-6H2,1H3/t11-/m0/s1. The molecule has 0 N–H and O–H groups in total. The van der Waals surface area contributed by atoms with E-state index in [0.29, 0.717) is 12.8 Å². The third-order valence-electron chi connectivity index (χ3n) is 3.37. The second-order valence-corrected chi connectivity index (χ2v) is 4.06. The van der Waals surface area contributed by atoms with Gasteiger partial charge in [-0.1, -0.05) is 0 Å². The molecule has 1 atom stereocenters. The van der Waals surface area contributed by atoms with Crippen molar-refractivity contribution in [3.63, 3.8) is 0 Å². The van der Waals surface area contributed by atoms with E-state index in [0.717, 1.165) is 24.8 Å². The third-order valence-corrected chi connectivity index (χ3v) is 3.37. The quantitative estimate of drug-likeness (QED) is 0.596. The van der Waals surface area contributed by atoms with E-state index >= 15 is 0 Å². The average molecular weight is 194 g/mol. The molecule has 2 aliphatic carbocycles. The fraction of sp³-hybridized carbons (Fsp3) is 0.636. The van der Waals surface area contributed by atoms with E-state index in [9.17, 15) is 9.59 Å². The lowest BCUT2D eigenvalue weighted by molar-refractivity contribution is -0.151. The Bertz CT molecular complexity index is 316. The van der Waals surface area contributed by atoms with Crippen LogP contribution in [-0.4, -0.2) is 18.9 Å². The van der Waals surface area contributed by atoms with Crippen molar-refractivity contribution in [1.82, 2.24) is 0 Å². The van der Waals surface area contributed by atoms with Crippen LogP contribution in [0.2, 0.25) is 0 Å². The number of ketones is 1. The molecule has 2 aliphatic rings. The van der Waals surface area contributed by atoms with Gasteiger partial charge in [-0.2, -0.15) is 0 Å². The van der Waals surface area contributed by atoms with Gasteiger partial charge in [0.15, 0.2) is 5.78 Å². The highest BCUT2D eigenvalue weighted by Gasteiger charge is 2.47. The van der Waals surface area contributed by atoms with Gasteiger partial charge in [-0.05, 0) is 37.3 Å². The molecular weight excluding hydrogens is 180 g/mol. The van der Waals surface area contributed by atoms with E-state index in [1.54, 1.807) is 6.08 Å². The number of rotatable bonds is 1. The van der Waals surface area contributed by atoms with Gasteiger partial charge in [-0.15, -0.1) is 0 Å². The number of methoxy groups -OCH3 is 1. The molecule has 0 saturated heterocycles. The summed E-state index contributed by atoms with van der Waals surface area (Å²) in [6.07, 6.45) is 5.50. The minimum atomic E-state index is -0.442. The summed E-state index contributed by atoms with van der Waals surface area (Å²) in [6.45, 7) is 0. The molecule has 76 valence electrons. The van der Waals surface area contributed by atoms with Crippen LogP contribution in [0.1, 0.15) is 32.1 Å². The Hall–Kier alpha value is -1.12. The summed E-state index contributed by atoms with van der Waals surface area (Å²) in [5, 5.41) is 0. The van der Waals surface area contributed by atoms with Gasteiger partial charge in [0.25, 0.3) is 0 Å². The monoisotopic (exact) mass is 194 g/mol. The van der Waals surface area contributed by atoms with E-state index in [1.165, 1.54) is 7.11 Å². The zero-order valence-corrected chi connectivity index (χ0v) is 8.34. The predicted octanol–water partition coefficient (Wildman–Crippen LogP) is 1.62. The fourth-order valence-corrected chi connectivity index (χ4v) is 2.61. The molecule has 0 bridgehead atoms. The zero-order chi connectivity index (χ0) is 10.2. The number of ether oxygens (including phenoxy) is 1. The van der Waals surface area contributed by atoms with Crippen molar-refractivity contribution in [3.05, 3.63) is 11.6 Å². The molecule has 0 aliphatic heterocycles. The number of esters is 1. The van der Waals surface area contributed by atoms with E-state index in [-0.39, 0.29) is 11.8 Å². The molecule has 3 heteroatoms. The van der Waals surface area contributed by atoms with Gasteiger partial charge >= 0.3 is 5.97 Å². The number of hydrogen-bond donors (Lipinski definition) is 0. The molecule has 0 amide bonds. The molecule has 14 heavy (non-hydrogen) atoms. The molecule has 0 radical (unpaired) electrons. The molecule has 1 saturated carbocycles. The summed E-state index contributed by atoms with van der Waals surface area (Å²) in [4.78, 5) is 22.9. The Kier molecular flexibility index (Phi) is 2.17. The van der Waals surface area contributed by atoms with Crippen LogP contribution in [0.3, 0.4) is 0 Å². The SMILES string of the molecule is COC(=O)[C@]12CCCC1=CC(=O)CC2. The van der Waals surface area contributed by atoms with Crippen LogP contribution >= 0.6 is 0 Å². The molecule has 0 heterocycles. The van der Waals surface area contributed by atoms with E-state index in [4.69, 9.17) is 4.74 Å². The Morgan fingerprint density at radius 1 is 1.43 bits per heavy atom. The van der Waals surface area contributed by atoms with E-state index in [2.05, 4.69) is 0 Å². The largest absolute Gasteiger partial charge is 0.468 e. The van der Waals surface area contributed by atoms with Crippen LogP contribution in [0.25, 0.3) is 0 Å². The number of allylic oxidation sites excluding steroid dienone is 1. The molecule has 0 unspecified atom stereocenters. The van der Waals surface area contributed by atoms with Gasteiger partial charge in [0.05, 0.1) is 12.5 Å². The Balaban J connectivity index is 2.37. The number of fused-ring (bicyclic) bond motifs is 1. The van der Waals surface area contributed by atoms with Crippen LogP contribution < -0.4 is 0 Å². The van der Waals surface area contributed by atoms with Gasteiger partial charge in [0.2, 0.25) is 0 Å². The predicted molar refractivity (Wildman–Crippen MR) is 50.6 cm³/mol. The van der Waals surface area contributed by atoms with E-state index < -0.39 is 5.41 Å². The Morgan fingerprint density at radius 3 is 2.93 bits per heavy atom. The molecular formula is C11H14O3. The summed E-state index contributed by atoms with van der Waals surface area (Å²) < 4.78 is 4.84. The van der Waals surface area contributed by atoms with Crippen molar-refractivity contribution >= 4 is 11.8 Å². The summed E-state index contributed by atoms with van der Waals surface area (Å²) in [7, 11) is 1.42. The maximum atomic E-state index is 11.7. The smallest absolute Gasteiger partial charge is 0.315 e. The summed E-state index contributed by atoms with van der Waals surface area (Å²) in [5.74, 6) is -0.00446.